The zero-order chi connectivity index (χ0) is 18.2. The second kappa shape index (κ2) is 6.23. The van der Waals surface area contributed by atoms with E-state index in [1.165, 1.54) is 18.3 Å². The molecule has 0 amide bonds. The molecule has 3 aromatic rings. The molecule has 0 unspecified atom stereocenters. The van der Waals surface area contributed by atoms with Crippen LogP contribution in [0.3, 0.4) is 0 Å². The van der Waals surface area contributed by atoms with E-state index in [1.807, 2.05) is 6.92 Å². The monoisotopic (exact) mass is 348 g/mol. The van der Waals surface area contributed by atoms with Crippen molar-refractivity contribution in [3.05, 3.63) is 65.0 Å². The number of nitrogens with zero attached hydrogens (tertiary/aromatic N) is 2. The molecule has 3 rings (SSSR count). The van der Waals surface area contributed by atoms with Crippen molar-refractivity contribution >= 4 is 17.0 Å². The molecule has 2 heterocycles. The lowest BCUT2D eigenvalue weighted by molar-refractivity contribution is -0.137. The van der Waals surface area contributed by atoms with Gasteiger partial charge in [-0.05, 0) is 42.7 Å². The fraction of sp³-hybridized carbons (Fsp3) is 0.222. The van der Waals surface area contributed by atoms with Crippen molar-refractivity contribution in [1.82, 2.24) is 9.55 Å². The topological polar surface area (TPSA) is 55.1 Å². The third-order valence-corrected chi connectivity index (χ3v) is 4.09. The lowest BCUT2D eigenvalue weighted by atomic mass is 10.0. The SMILES string of the molecule is CCn1cc(C(=O)O)c2c(Cc3ccc(C(F)(F)F)cc3)ccnc21. The van der Waals surface area contributed by atoms with Gasteiger partial charge in [-0.2, -0.15) is 13.2 Å². The molecule has 0 fully saturated rings. The maximum atomic E-state index is 12.7. The molecule has 0 radical (unpaired) electrons. The highest BCUT2D eigenvalue weighted by Crippen LogP contribution is 2.30. The van der Waals surface area contributed by atoms with Crippen LogP contribution < -0.4 is 0 Å². The Morgan fingerprint density at radius 1 is 1.20 bits per heavy atom. The first-order valence-electron chi connectivity index (χ1n) is 7.67. The zero-order valence-electron chi connectivity index (χ0n) is 13.3. The average Bonchev–Trinajstić information content (AvgIpc) is 2.94. The van der Waals surface area contributed by atoms with Crippen molar-refractivity contribution in [2.75, 3.05) is 0 Å². The summed E-state index contributed by atoms with van der Waals surface area (Å²) in [6.45, 7) is 2.45. The summed E-state index contributed by atoms with van der Waals surface area (Å²) in [5, 5.41) is 9.97. The first-order valence-corrected chi connectivity index (χ1v) is 7.67. The average molecular weight is 348 g/mol. The lowest BCUT2D eigenvalue weighted by Crippen LogP contribution is -2.04. The molecule has 0 spiro atoms. The third-order valence-electron chi connectivity index (χ3n) is 4.09. The van der Waals surface area contributed by atoms with E-state index in [1.54, 1.807) is 16.8 Å². The Labute approximate surface area is 141 Å². The van der Waals surface area contributed by atoms with Crippen LogP contribution in [0.4, 0.5) is 13.2 Å². The normalized spacial score (nSPS) is 11.8. The van der Waals surface area contributed by atoms with Gasteiger partial charge in [0.15, 0.2) is 0 Å². The Morgan fingerprint density at radius 3 is 2.44 bits per heavy atom. The van der Waals surface area contributed by atoms with Crippen LogP contribution in [-0.4, -0.2) is 20.6 Å². The molecule has 0 bridgehead atoms. The van der Waals surface area contributed by atoms with Crippen molar-refractivity contribution in [3.63, 3.8) is 0 Å². The molecule has 0 saturated heterocycles. The molecular weight excluding hydrogens is 333 g/mol. The minimum atomic E-state index is -4.38. The number of carboxylic acid groups (broad SMARTS) is 1. The maximum absolute atomic E-state index is 12.7. The highest BCUT2D eigenvalue weighted by Gasteiger charge is 2.30. The smallest absolute Gasteiger partial charge is 0.416 e. The molecule has 0 atom stereocenters. The van der Waals surface area contributed by atoms with Gasteiger partial charge in [0, 0.05) is 24.3 Å². The van der Waals surface area contributed by atoms with Crippen LogP contribution in [0, 0.1) is 0 Å². The molecule has 0 aliphatic heterocycles. The summed E-state index contributed by atoms with van der Waals surface area (Å²) in [4.78, 5) is 15.8. The van der Waals surface area contributed by atoms with E-state index in [0.717, 1.165) is 12.1 Å². The molecular formula is C18H15F3N2O2. The highest BCUT2D eigenvalue weighted by molar-refractivity contribution is 6.03. The second-order valence-electron chi connectivity index (χ2n) is 5.67. The van der Waals surface area contributed by atoms with E-state index in [2.05, 4.69) is 4.98 Å². The minimum absolute atomic E-state index is 0.145. The summed E-state index contributed by atoms with van der Waals surface area (Å²) >= 11 is 0. The van der Waals surface area contributed by atoms with Gasteiger partial charge in [0.25, 0.3) is 0 Å². The number of carbonyl (C=O) groups is 1. The predicted molar refractivity (Wildman–Crippen MR) is 86.6 cm³/mol. The summed E-state index contributed by atoms with van der Waals surface area (Å²) in [5.41, 5.74) is 1.38. The summed E-state index contributed by atoms with van der Waals surface area (Å²) in [6.07, 6.45) is -0.932. The van der Waals surface area contributed by atoms with Crippen molar-refractivity contribution in [1.29, 1.82) is 0 Å². The number of fused-ring (bicyclic) bond motifs is 1. The number of benzene rings is 1. The largest absolute Gasteiger partial charge is 0.478 e. The van der Waals surface area contributed by atoms with Gasteiger partial charge < -0.3 is 9.67 Å². The number of aryl methyl sites for hydroxylation is 1. The van der Waals surface area contributed by atoms with E-state index in [9.17, 15) is 23.1 Å². The Bertz CT molecular complexity index is 928. The Balaban J connectivity index is 2.04. The van der Waals surface area contributed by atoms with Crippen molar-refractivity contribution < 1.29 is 23.1 Å². The number of halogens is 3. The quantitative estimate of drug-likeness (QED) is 0.762. The molecule has 7 heteroatoms. The van der Waals surface area contributed by atoms with Gasteiger partial charge in [-0.15, -0.1) is 0 Å². The molecule has 0 aliphatic carbocycles. The van der Waals surface area contributed by atoms with E-state index in [4.69, 9.17) is 0 Å². The number of aromatic nitrogens is 2. The first-order chi connectivity index (χ1) is 11.8. The minimum Gasteiger partial charge on any atom is -0.478 e. The molecule has 1 N–H and O–H groups in total. The van der Waals surface area contributed by atoms with Crippen molar-refractivity contribution in [2.45, 2.75) is 26.1 Å². The maximum Gasteiger partial charge on any atom is 0.416 e. The van der Waals surface area contributed by atoms with E-state index >= 15 is 0 Å². The first kappa shape index (κ1) is 17.0. The van der Waals surface area contributed by atoms with Crippen LogP contribution in [0.1, 0.15) is 34.0 Å². The highest BCUT2D eigenvalue weighted by atomic mass is 19.4. The zero-order valence-corrected chi connectivity index (χ0v) is 13.3. The fourth-order valence-electron chi connectivity index (χ4n) is 2.86. The van der Waals surface area contributed by atoms with Crippen LogP contribution >= 0.6 is 0 Å². The number of alkyl halides is 3. The number of carboxylic acids is 1. The number of rotatable bonds is 4. The van der Waals surface area contributed by atoms with Gasteiger partial charge in [-0.3, -0.25) is 0 Å². The van der Waals surface area contributed by atoms with E-state index < -0.39 is 17.7 Å². The van der Waals surface area contributed by atoms with Crippen LogP contribution in [0.25, 0.3) is 11.0 Å². The van der Waals surface area contributed by atoms with Crippen LogP contribution in [0.5, 0.6) is 0 Å². The fourth-order valence-corrected chi connectivity index (χ4v) is 2.86. The van der Waals surface area contributed by atoms with Crippen molar-refractivity contribution in [2.24, 2.45) is 0 Å². The van der Waals surface area contributed by atoms with Crippen LogP contribution in [0.2, 0.25) is 0 Å². The van der Waals surface area contributed by atoms with Crippen LogP contribution in [-0.2, 0) is 19.1 Å². The molecule has 0 aliphatic rings. The Kier molecular flexibility index (Phi) is 4.24. The number of hydrogen-bond donors (Lipinski definition) is 1. The molecule has 2 aromatic heterocycles. The summed E-state index contributed by atoms with van der Waals surface area (Å²) in [6, 6.07) is 6.58. The summed E-state index contributed by atoms with van der Waals surface area (Å²) in [7, 11) is 0. The number of hydrogen-bond acceptors (Lipinski definition) is 2. The summed E-state index contributed by atoms with van der Waals surface area (Å²) in [5.74, 6) is -1.06. The Hall–Kier alpha value is -2.83. The molecule has 4 nitrogen and oxygen atoms in total. The third kappa shape index (κ3) is 3.22. The van der Waals surface area contributed by atoms with Gasteiger partial charge in [-0.25, -0.2) is 9.78 Å². The summed E-state index contributed by atoms with van der Waals surface area (Å²) < 4.78 is 39.7. The van der Waals surface area contributed by atoms with E-state index in [0.29, 0.717) is 35.1 Å². The van der Waals surface area contributed by atoms with Gasteiger partial charge >= 0.3 is 12.1 Å². The van der Waals surface area contributed by atoms with Gasteiger partial charge in [-0.1, -0.05) is 12.1 Å². The Morgan fingerprint density at radius 2 is 1.88 bits per heavy atom. The second-order valence-corrected chi connectivity index (χ2v) is 5.67. The molecule has 130 valence electrons. The number of aromatic carboxylic acids is 1. The number of pyridine rings is 1. The van der Waals surface area contributed by atoms with E-state index in [-0.39, 0.29) is 5.56 Å². The predicted octanol–water partition coefficient (Wildman–Crippen LogP) is 4.36. The molecule has 25 heavy (non-hydrogen) atoms. The molecule has 1 aromatic carbocycles. The van der Waals surface area contributed by atoms with Gasteiger partial charge in [0.05, 0.1) is 11.1 Å². The lowest BCUT2D eigenvalue weighted by Gasteiger charge is -2.09. The van der Waals surface area contributed by atoms with Gasteiger partial charge in [0.2, 0.25) is 0 Å². The van der Waals surface area contributed by atoms with Crippen LogP contribution in [0.15, 0.2) is 42.7 Å². The standard InChI is InChI=1S/C18H15F3N2O2/c1-2-23-10-14(17(24)25)15-12(7-8-22-16(15)23)9-11-3-5-13(6-4-11)18(19,20)21/h3-8,10H,2,9H2,1H3,(H,24,25). The van der Waals surface area contributed by atoms with Gasteiger partial charge in [0.1, 0.15) is 5.65 Å². The molecule has 0 saturated carbocycles. The van der Waals surface area contributed by atoms with Crippen molar-refractivity contribution in [3.8, 4) is 0 Å².